The zero-order chi connectivity index (χ0) is 49.2. The van der Waals surface area contributed by atoms with E-state index in [1.807, 2.05) is 0 Å². The summed E-state index contributed by atoms with van der Waals surface area (Å²) in [6.45, 7) is -4.26. The van der Waals surface area contributed by atoms with Crippen LogP contribution in [-0.4, -0.2) is 50.7 Å². The lowest BCUT2D eigenvalue weighted by molar-refractivity contribution is -0.187. The molecule has 5 rings (SSSR count). The SMILES string of the molecule is Nc1ccc(C(COC(=O)/C=C/c2ccc(C(F)(F)Oc3ccc(OCC(F)(F)F)cc3F)cc2)COC(=O)/C=C/c2ccc(C(F)(F)Oc3ccc(OCC(F)(F)F)cc3F)cc2)c(N)c1. The molecule has 0 heterocycles. The van der Waals surface area contributed by atoms with Crippen molar-refractivity contribution in [2.45, 2.75) is 30.5 Å². The normalized spacial score (nSPS) is 12.4. The third-order valence-electron chi connectivity index (χ3n) is 8.81. The van der Waals surface area contributed by atoms with Gasteiger partial charge in [-0.05, 0) is 89.5 Å². The van der Waals surface area contributed by atoms with E-state index in [1.54, 1.807) is 0 Å². The van der Waals surface area contributed by atoms with E-state index in [0.29, 0.717) is 35.5 Å². The molecule has 5 aromatic rings. The van der Waals surface area contributed by atoms with E-state index in [4.69, 9.17) is 20.9 Å². The van der Waals surface area contributed by atoms with Crippen LogP contribution in [-0.2, 0) is 31.3 Å². The number of carbonyl (C=O) groups excluding carboxylic acids is 2. The van der Waals surface area contributed by atoms with E-state index in [2.05, 4.69) is 18.9 Å². The van der Waals surface area contributed by atoms with Gasteiger partial charge in [-0.15, -0.1) is 0 Å². The van der Waals surface area contributed by atoms with E-state index in [0.717, 1.165) is 48.6 Å². The molecule has 0 spiro atoms. The van der Waals surface area contributed by atoms with Gasteiger partial charge in [0.15, 0.2) is 36.3 Å². The highest BCUT2D eigenvalue weighted by Gasteiger charge is 2.37. The van der Waals surface area contributed by atoms with E-state index in [1.165, 1.54) is 54.6 Å². The molecule has 0 atom stereocenters. The topological polar surface area (TPSA) is 142 Å². The minimum absolute atomic E-state index is 0.161. The first-order valence-corrected chi connectivity index (χ1v) is 19.0. The third kappa shape index (κ3) is 15.6. The first-order valence-electron chi connectivity index (χ1n) is 19.0. The van der Waals surface area contributed by atoms with Gasteiger partial charge in [-0.2, -0.15) is 43.9 Å². The Kier molecular flexibility index (Phi) is 16.0. The van der Waals surface area contributed by atoms with Crippen molar-refractivity contribution in [3.63, 3.8) is 0 Å². The van der Waals surface area contributed by atoms with Crippen molar-refractivity contribution < 1.29 is 90.7 Å². The molecule has 0 fully saturated rings. The standard InChI is InChI=1S/C45H34F12N2O8/c46-35-20-32(64-24-42(48,49)50)12-15-38(35)66-44(54,55)29-7-1-26(2-8-29)5-17-40(60)62-22-28(34-14-11-31(58)19-37(34)59)23-63-41(61)18-6-27-3-9-30(10-4-27)45(56,57)67-39-16-13-33(21-36(39)47)65-25-43(51,52)53/h1-21,28H,22-25,58-59H2/b17-5+,18-6+. The van der Waals surface area contributed by atoms with Gasteiger partial charge in [0, 0.05) is 35.7 Å². The van der Waals surface area contributed by atoms with Crippen LogP contribution in [0.25, 0.3) is 12.2 Å². The van der Waals surface area contributed by atoms with Gasteiger partial charge in [0.2, 0.25) is 0 Å². The van der Waals surface area contributed by atoms with Crippen molar-refractivity contribution in [2.24, 2.45) is 0 Å². The Hall–Kier alpha value is -7.52. The van der Waals surface area contributed by atoms with Gasteiger partial charge in [0.05, 0.1) is 17.0 Å². The summed E-state index contributed by atoms with van der Waals surface area (Å²) in [5.74, 6) is -8.59. The number of alkyl halides is 10. The second-order valence-corrected chi connectivity index (χ2v) is 14.0. The number of carbonyl (C=O) groups is 2. The Bertz CT molecular complexity index is 2410. The Morgan fingerprint density at radius 2 is 0.940 bits per heavy atom. The Labute approximate surface area is 371 Å². The average Bonchev–Trinajstić information content (AvgIpc) is 3.25. The van der Waals surface area contributed by atoms with Gasteiger partial charge in [0.25, 0.3) is 0 Å². The Morgan fingerprint density at radius 1 is 0.537 bits per heavy atom. The van der Waals surface area contributed by atoms with Crippen LogP contribution in [0.2, 0.25) is 0 Å². The summed E-state index contributed by atoms with van der Waals surface area (Å²) in [4.78, 5) is 25.4. The van der Waals surface area contributed by atoms with Crippen molar-refractivity contribution in [3.8, 4) is 23.0 Å². The van der Waals surface area contributed by atoms with Crippen LogP contribution < -0.4 is 30.4 Å². The Morgan fingerprint density at radius 3 is 1.30 bits per heavy atom. The first kappa shape index (κ1) is 50.5. The van der Waals surface area contributed by atoms with E-state index >= 15 is 0 Å². The molecule has 0 aromatic heterocycles. The molecule has 0 saturated heterocycles. The summed E-state index contributed by atoms with van der Waals surface area (Å²) in [6, 6.07) is 16.6. The highest BCUT2D eigenvalue weighted by molar-refractivity contribution is 5.87. The summed E-state index contributed by atoms with van der Waals surface area (Å²) in [5, 5.41) is 0. The maximum Gasteiger partial charge on any atom is 0.426 e. The monoisotopic (exact) mass is 958 g/mol. The minimum Gasteiger partial charge on any atom is -0.484 e. The average molecular weight is 959 g/mol. The molecular weight excluding hydrogens is 924 g/mol. The molecule has 0 aliphatic carbocycles. The van der Waals surface area contributed by atoms with Crippen molar-refractivity contribution in [1.82, 2.24) is 0 Å². The zero-order valence-corrected chi connectivity index (χ0v) is 34.0. The number of hydrogen-bond donors (Lipinski definition) is 2. The fraction of sp³-hybridized carbons (Fsp3) is 0.200. The Balaban J connectivity index is 1.15. The molecular formula is C45H34F12N2O8. The van der Waals surface area contributed by atoms with Crippen LogP contribution in [0.5, 0.6) is 23.0 Å². The van der Waals surface area contributed by atoms with Crippen LogP contribution in [0.1, 0.15) is 33.7 Å². The molecule has 0 radical (unpaired) electrons. The molecule has 0 saturated carbocycles. The van der Waals surface area contributed by atoms with E-state index in [9.17, 15) is 62.3 Å². The van der Waals surface area contributed by atoms with Crippen LogP contribution in [0.3, 0.4) is 0 Å². The predicted octanol–water partition coefficient (Wildman–Crippen LogP) is 10.9. The van der Waals surface area contributed by atoms with Crippen molar-refractivity contribution in [1.29, 1.82) is 0 Å². The molecule has 22 heteroatoms. The smallest absolute Gasteiger partial charge is 0.426 e. The fourth-order valence-electron chi connectivity index (χ4n) is 5.59. The lowest BCUT2D eigenvalue weighted by atomic mass is 9.98. The predicted molar refractivity (Wildman–Crippen MR) is 216 cm³/mol. The second kappa shape index (κ2) is 21.2. The van der Waals surface area contributed by atoms with Gasteiger partial charge in [0.1, 0.15) is 24.7 Å². The largest absolute Gasteiger partial charge is 0.484 e. The van der Waals surface area contributed by atoms with Gasteiger partial charge >= 0.3 is 36.5 Å². The molecule has 0 amide bonds. The van der Waals surface area contributed by atoms with E-state index < -0.39 is 115 Å². The van der Waals surface area contributed by atoms with Crippen LogP contribution in [0.15, 0.2) is 115 Å². The molecule has 0 unspecified atom stereocenters. The third-order valence-corrected chi connectivity index (χ3v) is 8.81. The van der Waals surface area contributed by atoms with E-state index in [-0.39, 0.29) is 16.8 Å². The van der Waals surface area contributed by atoms with Crippen LogP contribution in [0, 0.1) is 11.6 Å². The number of nitrogen functional groups attached to an aromatic ring is 2. The molecule has 0 aliphatic heterocycles. The number of ether oxygens (including phenoxy) is 6. The highest BCUT2D eigenvalue weighted by Crippen LogP contribution is 2.36. The zero-order valence-electron chi connectivity index (χ0n) is 34.0. The van der Waals surface area contributed by atoms with Gasteiger partial charge < -0.3 is 39.9 Å². The minimum atomic E-state index is -4.71. The molecule has 10 nitrogen and oxygen atoms in total. The van der Waals surface area contributed by atoms with Crippen LogP contribution in [0.4, 0.5) is 64.1 Å². The number of hydrogen-bond acceptors (Lipinski definition) is 10. The maximum atomic E-state index is 14.9. The lowest BCUT2D eigenvalue weighted by Crippen LogP contribution is -2.22. The number of anilines is 2. The number of benzene rings is 5. The summed E-state index contributed by atoms with van der Waals surface area (Å²) in [7, 11) is 0. The van der Waals surface area contributed by atoms with Crippen LogP contribution >= 0.6 is 0 Å². The summed E-state index contributed by atoms with van der Waals surface area (Å²) < 4.78 is 191. The number of nitrogens with two attached hydrogens (primary N) is 2. The second-order valence-electron chi connectivity index (χ2n) is 14.0. The number of rotatable bonds is 19. The molecule has 0 aliphatic rings. The van der Waals surface area contributed by atoms with Crippen molar-refractivity contribution in [3.05, 3.63) is 155 Å². The van der Waals surface area contributed by atoms with Gasteiger partial charge in [-0.1, -0.05) is 30.3 Å². The fourth-order valence-corrected chi connectivity index (χ4v) is 5.59. The van der Waals surface area contributed by atoms with Crippen molar-refractivity contribution >= 4 is 35.5 Å². The quantitative estimate of drug-likeness (QED) is 0.0356. The first-order chi connectivity index (χ1) is 31.4. The summed E-state index contributed by atoms with van der Waals surface area (Å²) >= 11 is 0. The number of esters is 2. The maximum absolute atomic E-state index is 14.9. The summed E-state index contributed by atoms with van der Waals surface area (Å²) in [6.07, 6.45) is -13.3. The number of halogens is 12. The van der Waals surface area contributed by atoms with Gasteiger partial charge in [-0.3, -0.25) is 0 Å². The molecule has 0 bridgehead atoms. The van der Waals surface area contributed by atoms with Crippen molar-refractivity contribution in [2.75, 3.05) is 37.9 Å². The highest BCUT2D eigenvalue weighted by atomic mass is 19.4. The lowest BCUT2D eigenvalue weighted by Gasteiger charge is -2.19. The molecule has 4 N–H and O–H groups in total. The molecule has 67 heavy (non-hydrogen) atoms. The summed E-state index contributed by atoms with van der Waals surface area (Å²) in [5.41, 5.74) is 11.7. The molecule has 5 aromatic carbocycles. The molecule has 356 valence electrons. The van der Waals surface area contributed by atoms with Gasteiger partial charge in [-0.25, -0.2) is 18.4 Å².